The van der Waals surface area contributed by atoms with Gasteiger partial charge in [0, 0.05) is 19.2 Å². The lowest BCUT2D eigenvalue weighted by atomic mass is 9.99. The van der Waals surface area contributed by atoms with Crippen LogP contribution >= 0.6 is 0 Å². The Morgan fingerprint density at radius 3 is 2.35 bits per heavy atom. The Labute approximate surface area is 123 Å². The molecule has 1 unspecified atom stereocenters. The molecular weight excluding hydrogens is 248 g/mol. The standard InChI is InChI=1S/C17H30N2O/c1-14(2)12-15-6-8-16(9-7-15)17(13-18)19-10-4-3-5-11-20/h6-9,14,17,19-20H,3-5,10-13,18H2,1-2H3. The molecule has 0 heterocycles. The number of rotatable bonds is 10. The van der Waals surface area contributed by atoms with E-state index < -0.39 is 0 Å². The summed E-state index contributed by atoms with van der Waals surface area (Å²) in [5.41, 5.74) is 8.52. The molecule has 20 heavy (non-hydrogen) atoms. The van der Waals surface area contributed by atoms with Gasteiger partial charge in [-0.05, 0) is 49.3 Å². The van der Waals surface area contributed by atoms with Crippen LogP contribution in [0.1, 0.15) is 50.3 Å². The van der Waals surface area contributed by atoms with Crippen molar-refractivity contribution < 1.29 is 5.11 Å². The highest BCUT2D eigenvalue weighted by Gasteiger charge is 2.08. The zero-order valence-electron chi connectivity index (χ0n) is 12.9. The molecule has 1 rings (SSSR count). The fourth-order valence-corrected chi connectivity index (χ4v) is 2.38. The molecule has 0 aliphatic carbocycles. The highest BCUT2D eigenvalue weighted by Crippen LogP contribution is 2.15. The van der Waals surface area contributed by atoms with Crippen LogP contribution in [0, 0.1) is 5.92 Å². The highest BCUT2D eigenvalue weighted by atomic mass is 16.2. The molecule has 1 aromatic rings. The van der Waals surface area contributed by atoms with Gasteiger partial charge < -0.3 is 16.2 Å². The first-order valence-corrected chi connectivity index (χ1v) is 7.80. The molecule has 0 fully saturated rings. The van der Waals surface area contributed by atoms with Crippen LogP contribution in [0.25, 0.3) is 0 Å². The molecular formula is C17H30N2O. The Balaban J connectivity index is 2.44. The third-order valence-corrected chi connectivity index (χ3v) is 3.49. The summed E-state index contributed by atoms with van der Waals surface area (Å²) in [5, 5.41) is 12.2. The van der Waals surface area contributed by atoms with E-state index in [1.54, 1.807) is 0 Å². The summed E-state index contributed by atoms with van der Waals surface area (Å²) in [6.45, 7) is 6.34. The van der Waals surface area contributed by atoms with Gasteiger partial charge in [0.05, 0.1) is 0 Å². The smallest absolute Gasteiger partial charge is 0.0444 e. The zero-order chi connectivity index (χ0) is 14.8. The van der Waals surface area contributed by atoms with Gasteiger partial charge >= 0.3 is 0 Å². The molecule has 0 bridgehead atoms. The number of unbranched alkanes of at least 4 members (excludes halogenated alkanes) is 2. The van der Waals surface area contributed by atoms with Gasteiger partial charge in [0.1, 0.15) is 0 Å². The van der Waals surface area contributed by atoms with Crippen molar-refractivity contribution in [3.8, 4) is 0 Å². The van der Waals surface area contributed by atoms with Crippen LogP contribution in [0.4, 0.5) is 0 Å². The van der Waals surface area contributed by atoms with E-state index in [9.17, 15) is 0 Å². The fraction of sp³-hybridized carbons (Fsp3) is 0.647. The van der Waals surface area contributed by atoms with Crippen molar-refractivity contribution in [3.63, 3.8) is 0 Å². The maximum atomic E-state index is 8.75. The van der Waals surface area contributed by atoms with Crippen LogP contribution < -0.4 is 11.1 Å². The third kappa shape index (κ3) is 6.51. The van der Waals surface area contributed by atoms with E-state index in [1.807, 2.05) is 0 Å². The number of aliphatic hydroxyl groups is 1. The van der Waals surface area contributed by atoms with E-state index in [0.717, 1.165) is 32.2 Å². The number of hydrogen-bond donors (Lipinski definition) is 3. The minimum absolute atomic E-state index is 0.234. The monoisotopic (exact) mass is 278 g/mol. The van der Waals surface area contributed by atoms with E-state index in [4.69, 9.17) is 10.8 Å². The van der Waals surface area contributed by atoms with Crippen LogP contribution in [-0.2, 0) is 6.42 Å². The molecule has 0 radical (unpaired) electrons. The molecule has 114 valence electrons. The number of nitrogens with two attached hydrogens (primary N) is 1. The second-order valence-corrected chi connectivity index (χ2v) is 5.87. The Morgan fingerprint density at radius 1 is 1.10 bits per heavy atom. The molecule has 0 spiro atoms. The van der Waals surface area contributed by atoms with Crippen molar-refractivity contribution in [1.29, 1.82) is 0 Å². The number of aliphatic hydroxyl groups excluding tert-OH is 1. The summed E-state index contributed by atoms with van der Waals surface area (Å²) in [6.07, 6.45) is 4.16. The lowest BCUT2D eigenvalue weighted by Gasteiger charge is -2.18. The Kier molecular flexibility index (Phi) is 8.51. The Hall–Kier alpha value is -0.900. The lowest BCUT2D eigenvalue weighted by Crippen LogP contribution is -2.29. The Bertz CT molecular complexity index is 349. The second kappa shape index (κ2) is 9.92. The Morgan fingerprint density at radius 2 is 1.80 bits per heavy atom. The zero-order valence-corrected chi connectivity index (χ0v) is 12.9. The first-order valence-electron chi connectivity index (χ1n) is 7.80. The predicted molar refractivity (Wildman–Crippen MR) is 85.7 cm³/mol. The maximum Gasteiger partial charge on any atom is 0.0444 e. The average Bonchev–Trinajstić information content (AvgIpc) is 2.43. The number of benzene rings is 1. The van der Waals surface area contributed by atoms with Crippen LogP contribution in [0.3, 0.4) is 0 Å². The molecule has 0 aliphatic heterocycles. The second-order valence-electron chi connectivity index (χ2n) is 5.87. The molecule has 4 N–H and O–H groups in total. The molecule has 1 atom stereocenters. The fourth-order valence-electron chi connectivity index (χ4n) is 2.38. The number of hydrogen-bond acceptors (Lipinski definition) is 3. The quantitative estimate of drug-likeness (QED) is 0.577. The van der Waals surface area contributed by atoms with Gasteiger partial charge in [-0.1, -0.05) is 38.1 Å². The first kappa shape index (κ1) is 17.2. The molecule has 1 aromatic carbocycles. The van der Waals surface area contributed by atoms with E-state index in [-0.39, 0.29) is 12.6 Å². The van der Waals surface area contributed by atoms with Gasteiger partial charge in [0.2, 0.25) is 0 Å². The van der Waals surface area contributed by atoms with Crippen molar-refractivity contribution in [2.24, 2.45) is 11.7 Å². The van der Waals surface area contributed by atoms with E-state index in [0.29, 0.717) is 12.5 Å². The summed E-state index contributed by atoms with van der Waals surface area (Å²) in [7, 11) is 0. The topological polar surface area (TPSA) is 58.3 Å². The van der Waals surface area contributed by atoms with Crippen LogP contribution in [0.2, 0.25) is 0 Å². The predicted octanol–water partition coefficient (Wildman–Crippen LogP) is 2.64. The van der Waals surface area contributed by atoms with Crippen molar-refractivity contribution in [2.45, 2.75) is 45.6 Å². The minimum Gasteiger partial charge on any atom is -0.396 e. The van der Waals surface area contributed by atoms with E-state index >= 15 is 0 Å². The number of nitrogens with one attached hydrogen (secondary N) is 1. The van der Waals surface area contributed by atoms with Crippen LogP contribution in [-0.4, -0.2) is 24.8 Å². The summed E-state index contributed by atoms with van der Waals surface area (Å²) >= 11 is 0. The van der Waals surface area contributed by atoms with Crippen LogP contribution in [0.5, 0.6) is 0 Å². The normalized spacial score (nSPS) is 12.8. The van der Waals surface area contributed by atoms with Gasteiger partial charge in [-0.25, -0.2) is 0 Å². The van der Waals surface area contributed by atoms with E-state index in [1.165, 1.54) is 11.1 Å². The van der Waals surface area contributed by atoms with Gasteiger partial charge in [0.25, 0.3) is 0 Å². The largest absolute Gasteiger partial charge is 0.396 e. The van der Waals surface area contributed by atoms with Gasteiger partial charge in [-0.15, -0.1) is 0 Å². The first-order chi connectivity index (χ1) is 9.67. The van der Waals surface area contributed by atoms with Crippen molar-refractivity contribution >= 4 is 0 Å². The third-order valence-electron chi connectivity index (χ3n) is 3.49. The van der Waals surface area contributed by atoms with Crippen molar-refractivity contribution in [3.05, 3.63) is 35.4 Å². The molecule has 3 nitrogen and oxygen atoms in total. The molecule has 3 heteroatoms. The summed E-state index contributed by atoms with van der Waals surface area (Å²) in [5.74, 6) is 0.691. The van der Waals surface area contributed by atoms with E-state index in [2.05, 4.69) is 43.4 Å². The molecule has 0 saturated carbocycles. The average molecular weight is 278 g/mol. The molecule has 0 aliphatic rings. The van der Waals surface area contributed by atoms with Crippen molar-refractivity contribution in [2.75, 3.05) is 19.7 Å². The minimum atomic E-state index is 0.234. The maximum absolute atomic E-state index is 8.75. The van der Waals surface area contributed by atoms with Gasteiger partial charge in [-0.2, -0.15) is 0 Å². The van der Waals surface area contributed by atoms with Crippen molar-refractivity contribution in [1.82, 2.24) is 5.32 Å². The molecule has 0 amide bonds. The van der Waals surface area contributed by atoms with Gasteiger partial charge in [-0.3, -0.25) is 0 Å². The molecule has 0 aromatic heterocycles. The van der Waals surface area contributed by atoms with Gasteiger partial charge in [0.15, 0.2) is 0 Å². The summed E-state index contributed by atoms with van der Waals surface area (Å²) < 4.78 is 0. The summed E-state index contributed by atoms with van der Waals surface area (Å²) in [4.78, 5) is 0. The SMILES string of the molecule is CC(C)Cc1ccc(C(CN)NCCCCCO)cc1. The molecule has 0 saturated heterocycles. The van der Waals surface area contributed by atoms with Crippen LogP contribution in [0.15, 0.2) is 24.3 Å². The summed E-state index contributed by atoms with van der Waals surface area (Å²) in [6, 6.07) is 9.04. The lowest BCUT2D eigenvalue weighted by molar-refractivity contribution is 0.282. The highest BCUT2D eigenvalue weighted by molar-refractivity contribution is 5.25.